The van der Waals surface area contributed by atoms with Crippen LogP contribution in [0.3, 0.4) is 0 Å². The Kier molecular flexibility index (Phi) is 10.7. The van der Waals surface area contributed by atoms with Crippen molar-refractivity contribution in [2.24, 2.45) is 0 Å². The Balaban J connectivity index is 2.93. The minimum absolute atomic E-state index is 0.00325. The van der Waals surface area contributed by atoms with Gasteiger partial charge in [0.1, 0.15) is 4.90 Å². The van der Waals surface area contributed by atoms with Crippen LogP contribution >= 0.6 is 0 Å². The topological polar surface area (TPSA) is 147 Å². The van der Waals surface area contributed by atoms with Gasteiger partial charge in [-0.1, -0.05) is 6.07 Å². The zero-order valence-corrected chi connectivity index (χ0v) is 16.3. The Morgan fingerprint density at radius 2 is 1.21 bits per heavy atom. The number of rotatable bonds is 13. The van der Waals surface area contributed by atoms with Gasteiger partial charge in [0, 0.05) is 13.2 Å². The van der Waals surface area contributed by atoms with E-state index in [1.165, 1.54) is 6.07 Å². The molecule has 1 aromatic carbocycles. The van der Waals surface area contributed by atoms with Crippen LogP contribution in [-0.4, -0.2) is 61.5 Å². The molecule has 0 amide bonds. The highest BCUT2D eigenvalue weighted by Gasteiger charge is 2.29. The van der Waals surface area contributed by atoms with Crippen molar-refractivity contribution >= 4 is 22.1 Å². The van der Waals surface area contributed by atoms with Gasteiger partial charge in [-0.3, -0.25) is 4.55 Å². The smallest absolute Gasteiger partial charge is 0.339 e. The minimum atomic E-state index is -4.90. The van der Waals surface area contributed by atoms with E-state index in [4.69, 9.17) is 19.7 Å². The highest BCUT2D eigenvalue weighted by molar-refractivity contribution is 7.86. The summed E-state index contributed by atoms with van der Waals surface area (Å²) in [6, 6.07) is 3.56. The second-order valence-corrected chi connectivity index (χ2v) is 7.36. The number of aliphatic hydroxyl groups excluding tert-OH is 2. The average Bonchev–Trinajstić information content (AvgIpc) is 2.66. The van der Waals surface area contributed by atoms with E-state index in [-0.39, 0.29) is 26.4 Å². The molecule has 0 bridgehead atoms. The molecule has 0 atom stereocenters. The second kappa shape index (κ2) is 12.4. The van der Waals surface area contributed by atoms with Crippen LogP contribution in [-0.2, 0) is 19.6 Å². The van der Waals surface area contributed by atoms with E-state index in [1.54, 1.807) is 0 Å². The number of carbonyl (C=O) groups excluding carboxylic acids is 2. The maximum atomic E-state index is 12.2. The van der Waals surface area contributed by atoms with Crippen LogP contribution in [0.4, 0.5) is 0 Å². The first-order valence-corrected chi connectivity index (χ1v) is 10.4. The third-order valence-corrected chi connectivity index (χ3v) is 4.74. The Morgan fingerprint density at radius 1 is 0.786 bits per heavy atom. The number of ether oxygens (including phenoxy) is 2. The maximum Gasteiger partial charge on any atom is 0.339 e. The average molecular weight is 418 g/mol. The fourth-order valence-electron chi connectivity index (χ4n) is 2.40. The van der Waals surface area contributed by atoms with Gasteiger partial charge >= 0.3 is 11.9 Å². The molecule has 0 unspecified atom stereocenters. The van der Waals surface area contributed by atoms with Crippen molar-refractivity contribution in [1.82, 2.24) is 0 Å². The molecular weight excluding hydrogens is 392 g/mol. The highest BCUT2D eigenvalue weighted by atomic mass is 32.2. The summed E-state index contributed by atoms with van der Waals surface area (Å²) in [5, 5.41) is 17.4. The van der Waals surface area contributed by atoms with Gasteiger partial charge in [0.25, 0.3) is 10.1 Å². The molecule has 0 fully saturated rings. The number of aliphatic hydroxyl groups is 2. The number of hydrogen-bond donors (Lipinski definition) is 3. The zero-order chi connectivity index (χ0) is 21.0. The van der Waals surface area contributed by atoms with Crippen molar-refractivity contribution in [3.05, 3.63) is 29.3 Å². The van der Waals surface area contributed by atoms with Crippen LogP contribution in [0.15, 0.2) is 23.1 Å². The molecule has 1 rings (SSSR count). The summed E-state index contributed by atoms with van der Waals surface area (Å²) in [5.41, 5.74) is -0.918. The third kappa shape index (κ3) is 7.93. The minimum Gasteiger partial charge on any atom is -0.462 e. The first-order chi connectivity index (χ1) is 13.3. The predicted molar refractivity (Wildman–Crippen MR) is 98.7 cm³/mol. The van der Waals surface area contributed by atoms with E-state index >= 15 is 0 Å². The van der Waals surface area contributed by atoms with Crippen molar-refractivity contribution in [3.63, 3.8) is 0 Å². The number of hydrogen-bond acceptors (Lipinski definition) is 8. The number of benzene rings is 1. The van der Waals surface area contributed by atoms with E-state index < -0.39 is 38.1 Å². The van der Waals surface area contributed by atoms with Crippen LogP contribution in [0.25, 0.3) is 0 Å². The van der Waals surface area contributed by atoms with Crippen molar-refractivity contribution < 1.29 is 42.2 Å². The third-order valence-electron chi connectivity index (χ3n) is 3.78. The van der Waals surface area contributed by atoms with Crippen LogP contribution in [0.5, 0.6) is 0 Å². The summed E-state index contributed by atoms with van der Waals surface area (Å²) in [5.74, 6) is -1.98. The summed E-state index contributed by atoms with van der Waals surface area (Å²) in [4.78, 5) is 23.6. The Morgan fingerprint density at radius 3 is 1.57 bits per heavy atom. The summed E-state index contributed by atoms with van der Waals surface area (Å²) in [6.07, 6.45) is 3.29. The molecule has 28 heavy (non-hydrogen) atoms. The Hall–Kier alpha value is -2.01. The molecule has 0 spiro atoms. The van der Waals surface area contributed by atoms with Gasteiger partial charge in [-0.05, 0) is 50.7 Å². The molecule has 1 aromatic rings. The summed E-state index contributed by atoms with van der Waals surface area (Å²) < 4.78 is 43.1. The lowest BCUT2D eigenvalue weighted by Crippen LogP contribution is -2.18. The maximum absolute atomic E-state index is 12.2. The Bertz CT molecular complexity index is 699. The molecular formula is C18H26O9S. The van der Waals surface area contributed by atoms with Gasteiger partial charge in [0.15, 0.2) is 0 Å². The molecule has 0 aliphatic rings. The molecule has 0 aromatic heterocycles. The van der Waals surface area contributed by atoms with Crippen molar-refractivity contribution in [1.29, 1.82) is 0 Å². The van der Waals surface area contributed by atoms with Crippen molar-refractivity contribution in [2.45, 2.75) is 43.4 Å². The van der Waals surface area contributed by atoms with Gasteiger partial charge in [0.05, 0.1) is 24.3 Å². The van der Waals surface area contributed by atoms with Gasteiger partial charge in [-0.2, -0.15) is 8.42 Å². The van der Waals surface area contributed by atoms with E-state index in [0.29, 0.717) is 38.5 Å². The second-order valence-electron chi connectivity index (χ2n) is 6.00. The standard InChI is InChI=1S/C18H26O9S/c19-10-3-1-5-12-26-17(21)14-8-7-9-15(16(14)28(23,24)25)18(22)27-13-6-2-4-11-20/h7-9,19-20H,1-6,10-13H2,(H,23,24,25). The number of unbranched alkanes of at least 4 members (excludes halogenated alkanes) is 4. The van der Waals surface area contributed by atoms with Crippen LogP contribution in [0.2, 0.25) is 0 Å². The van der Waals surface area contributed by atoms with Crippen LogP contribution < -0.4 is 0 Å². The number of carbonyl (C=O) groups is 2. The normalized spacial score (nSPS) is 11.2. The fraction of sp³-hybridized carbons (Fsp3) is 0.556. The van der Waals surface area contributed by atoms with Gasteiger partial charge in [0.2, 0.25) is 0 Å². The molecule has 0 aliphatic heterocycles. The molecule has 0 saturated carbocycles. The first kappa shape index (κ1) is 24.0. The van der Waals surface area contributed by atoms with E-state index in [1.807, 2.05) is 0 Å². The molecule has 0 heterocycles. The molecule has 0 saturated heterocycles. The molecule has 9 nitrogen and oxygen atoms in total. The van der Waals surface area contributed by atoms with Crippen molar-refractivity contribution in [3.8, 4) is 0 Å². The summed E-state index contributed by atoms with van der Waals surface area (Å²) >= 11 is 0. The SMILES string of the molecule is O=C(OCCCCCO)c1cccc(C(=O)OCCCCCO)c1S(=O)(=O)O. The number of esters is 2. The van der Waals surface area contributed by atoms with Gasteiger partial charge in [-0.15, -0.1) is 0 Å². The van der Waals surface area contributed by atoms with Crippen LogP contribution in [0, 0.1) is 0 Å². The highest BCUT2D eigenvalue weighted by Crippen LogP contribution is 2.23. The molecule has 0 aliphatic carbocycles. The molecule has 158 valence electrons. The fourth-order valence-corrected chi connectivity index (χ4v) is 3.26. The monoisotopic (exact) mass is 418 g/mol. The molecule has 10 heteroatoms. The van der Waals surface area contributed by atoms with Crippen molar-refractivity contribution in [2.75, 3.05) is 26.4 Å². The quantitative estimate of drug-likeness (QED) is 0.247. The first-order valence-electron chi connectivity index (χ1n) is 8.99. The predicted octanol–water partition coefficient (Wildman–Crippen LogP) is 1.57. The lowest BCUT2D eigenvalue weighted by Gasteiger charge is -2.12. The van der Waals surface area contributed by atoms with Gasteiger partial charge in [-0.25, -0.2) is 9.59 Å². The summed E-state index contributed by atoms with van der Waals surface area (Å²) in [7, 11) is -4.90. The lowest BCUT2D eigenvalue weighted by atomic mass is 10.1. The largest absolute Gasteiger partial charge is 0.462 e. The van der Waals surface area contributed by atoms with E-state index in [0.717, 1.165) is 12.1 Å². The van der Waals surface area contributed by atoms with E-state index in [9.17, 15) is 22.6 Å². The van der Waals surface area contributed by atoms with E-state index in [2.05, 4.69) is 0 Å². The summed E-state index contributed by atoms with van der Waals surface area (Å²) in [6.45, 7) is 0.0442. The molecule has 3 N–H and O–H groups in total. The van der Waals surface area contributed by atoms with Crippen LogP contribution in [0.1, 0.15) is 59.2 Å². The van der Waals surface area contributed by atoms with Gasteiger partial charge < -0.3 is 19.7 Å². The Labute approximate surface area is 164 Å². The molecule has 0 radical (unpaired) electrons. The lowest BCUT2D eigenvalue weighted by molar-refractivity contribution is 0.0485. The zero-order valence-electron chi connectivity index (χ0n) is 15.5.